The van der Waals surface area contributed by atoms with Gasteiger partial charge >= 0.3 is 18.0 Å². The lowest BCUT2D eigenvalue weighted by molar-refractivity contribution is -0.280. The third-order valence-corrected chi connectivity index (χ3v) is 21.7. The normalized spacial score (nSPS) is 23.5. The molecule has 102 heavy (non-hydrogen) atoms. The van der Waals surface area contributed by atoms with Gasteiger partial charge in [0.2, 0.25) is 5.91 Å². The lowest BCUT2D eigenvalue weighted by atomic mass is 9.85. The number of aromatic nitrogens is 7. The molecule has 6 amide bonds. The van der Waals surface area contributed by atoms with Gasteiger partial charge < -0.3 is 90.1 Å². The number of thiazole rings is 5. The molecular weight excluding hydrogens is 1430 g/mol. The number of nitrogens with one attached hydrogen (secondary N) is 5. The number of methoxy groups -OCH3 is 2. The molecule has 4 aliphatic rings. The highest BCUT2D eigenvalue weighted by atomic mass is 32.1. The van der Waals surface area contributed by atoms with Gasteiger partial charge in [0.15, 0.2) is 18.1 Å². The Hall–Kier alpha value is -9.48. The highest BCUT2D eigenvalue weighted by Crippen LogP contribution is 2.43. The summed E-state index contributed by atoms with van der Waals surface area (Å²) < 4.78 is 43.1. The maximum Gasteiger partial charge on any atom is 0.409 e. The Morgan fingerprint density at radius 1 is 0.833 bits per heavy atom. The van der Waals surface area contributed by atoms with Gasteiger partial charge in [0, 0.05) is 69.5 Å². The first-order valence-electron chi connectivity index (χ1n) is 31.6. The summed E-state index contributed by atoms with van der Waals surface area (Å²) >= 11 is 4.59. The molecule has 33 nitrogen and oxygen atoms in total. The number of amides is 6. The van der Waals surface area contributed by atoms with E-state index in [4.69, 9.17) is 48.1 Å². The summed E-state index contributed by atoms with van der Waals surface area (Å²) in [6.07, 6.45) is -8.12. The second-order valence-corrected chi connectivity index (χ2v) is 28.7. The first-order valence-corrected chi connectivity index (χ1v) is 36.0. The zero-order valence-electron chi connectivity index (χ0n) is 55.8. The van der Waals surface area contributed by atoms with Gasteiger partial charge in [-0.05, 0) is 66.4 Å². The lowest BCUT2D eigenvalue weighted by Gasteiger charge is -2.48. The average Bonchev–Trinajstić information content (AvgIpc) is 1.63. The molecule has 1 fully saturated rings. The minimum atomic E-state index is -1.92. The van der Waals surface area contributed by atoms with Gasteiger partial charge in [0.05, 0.1) is 50.2 Å². The number of nitrogens with zero attached hydrogens (tertiary/aromatic N) is 9. The Morgan fingerprint density at radius 3 is 2.23 bits per heavy atom. The number of allylic oxidation sites excluding steroid dienone is 1. The summed E-state index contributed by atoms with van der Waals surface area (Å²) in [4.78, 5) is 146. The highest BCUT2D eigenvalue weighted by molar-refractivity contribution is 7.14. The van der Waals surface area contributed by atoms with Crippen LogP contribution in [0.3, 0.4) is 0 Å². The zero-order valence-corrected chi connectivity index (χ0v) is 59.9. The van der Waals surface area contributed by atoms with Crippen molar-refractivity contribution in [1.29, 1.82) is 0 Å². The molecule has 9 N–H and O–H groups in total. The molecule has 38 heteroatoms. The summed E-state index contributed by atoms with van der Waals surface area (Å²) in [5.41, 5.74) is -2.51. The maximum atomic E-state index is 15.2. The number of aromatic hydroxyl groups is 1. The molecule has 4 aliphatic heterocycles. The monoisotopic (exact) mass is 1500 g/mol. The SMILES string of the molecule is CCN(CCNC(=O)c1csc(-c2nc3c(cc2O)-c2nc(cs2)C(=O)NC(C(C)O)C(=O)N/C(=C(\C)OC)c2nc(cs2)C(=O)NC2c4nc(cs4)C(=O)NC(COC(=O)c4c5c6c(cccc6n4O)COC(=O)C(OC4CC(C)(O)C(N(C)C)C(C)O4)C2OC5)c2nc-3cs2)n1)C(=O)OC. The van der Waals surface area contributed by atoms with Crippen molar-refractivity contribution in [3.8, 4) is 38.4 Å². The average molecular weight is 1500 g/mol. The molecule has 1 saturated heterocycles. The van der Waals surface area contributed by atoms with Gasteiger partial charge in [-0.25, -0.2) is 44.3 Å². The lowest BCUT2D eigenvalue weighted by Crippen LogP contribution is -2.62. The number of aliphatic hydroxyl groups is 2. The standard InChI is InChI=1S/C64H68N14O19S5/c1-10-77(63(88)92-9)15-14-65-51(81)34-22-101-59(69-34)45-39(80)16-30-44(72-45)33-21-99-57(67-33)32-20-95-61(86)47-31-19-93-48(49(97-40-17-64(5,89)50(76(6)7)28(4)96-40)62(87)94-18-29-12-11-13-38(41(29)31)78(47)90)46(60-71-35(24-102-60)52(82)66-32)75-54(84)37-25-100-58(70-37)43(27(3)91-8)74-55(85)42(26(2)79)73-53(83)36-23-98-56(30)68-36/h11-13,16,21-26,28,32,40,42,46,48-50,79-80,89-90H,10,14-15,17-20H2,1-9H3,(H,65,81)(H,66,82)(H,73,83)(H,74,85)(H,75,84)/b43-27+. The van der Waals surface area contributed by atoms with Crippen LogP contribution in [-0.4, -0.2) is 215 Å². The molecular formula is C64H68N14O19S5. The van der Waals surface area contributed by atoms with Crippen molar-refractivity contribution in [2.24, 2.45) is 0 Å². The number of carbonyl (C=O) groups excluding carboxylic acids is 8. The van der Waals surface area contributed by atoms with Gasteiger partial charge in [0.25, 0.3) is 23.6 Å². The van der Waals surface area contributed by atoms with Gasteiger partial charge in [-0.1, -0.05) is 12.1 Å². The zero-order chi connectivity index (χ0) is 72.7. The molecule has 10 unspecified atom stereocenters. The van der Waals surface area contributed by atoms with E-state index in [0.29, 0.717) is 16.8 Å². The van der Waals surface area contributed by atoms with E-state index in [9.17, 15) is 39.7 Å². The van der Waals surface area contributed by atoms with E-state index in [2.05, 4.69) is 41.5 Å². The summed E-state index contributed by atoms with van der Waals surface area (Å²) in [6, 6.07) is 0.712. The fourth-order valence-electron chi connectivity index (χ4n) is 12.4. The summed E-state index contributed by atoms with van der Waals surface area (Å²) in [5, 5.41) is 68.4. The number of carbonyl (C=O) groups is 8. The van der Waals surface area contributed by atoms with Crippen LogP contribution in [0.4, 0.5) is 4.79 Å². The first kappa shape index (κ1) is 72.3. The third-order valence-electron chi connectivity index (χ3n) is 17.2. The Kier molecular flexibility index (Phi) is 21.2. The molecule has 538 valence electrons. The van der Waals surface area contributed by atoms with Crippen molar-refractivity contribution in [1.82, 2.24) is 71.0 Å². The van der Waals surface area contributed by atoms with Crippen molar-refractivity contribution >= 4 is 121 Å². The smallest absolute Gasteiger partial charge is 0.409 e. The second kappa shape index (κ2) is 29.8. The van der Waals surface area contributed by atoms with Crippen molar-refractivity contribution < 1.29 is 92.0 Å². The Bertz CT molecular complexity index is 4630. The van der Waals surface area contributed by atoms with Gasteiger partial charge in [-0.3, -0.25) is 24.0 Å². The van der Waals surface area contributed by atoms with Crippen LogP contribution in [0.25, 0.3) is 49.3 Å². The quantitative estimate of drug-likeness (QED) is 0.0357. The van der Waals surface area contributed by atoms with Crippen LogP contribution in [0.1, 0.15) is 132 Å². The predicted molar refractivity (Wildman–Crippen MR) is 366 cm³/mol. The number of fused-ring (bicyclic) bond motifs is 15. The number of likely N-dealkylation sites (N-methyl/N-ethyl adjacent to an activating group) is 2. The predicted octanol–water partition coefficient (Wildman–Crippen LogP) is 4.98. The van der Waals surface area contributed by atoms with Crippen LogP contribution in [0.15, 0.2) is 56.9 Å². The van der Waals surface area contributed by atoms with Crippen LogP contribution in [0.5, 0.6) is 5.75 Å². The summed E-state index contributed by atoms with van der Waals surface area (Å²) in [7, 11) is 6.09. The van der Waals surface area contributed by atoms with Crippen molar-refractivity contribution in [2.45, 2.75) is 115 Å². The van der Waals surface area contributed by atoms with Crippen molar-refractivity contribution in [2.75, 3.05) is 54.6 Å². The fourth-order valence-corrected chi connectivity index (χ4v) is 16.6. The van der Waals surface area contributed by atoms with Crippen LogP contribution >= 0.6 is 56.7 Å². The minimum absolute atomic E-state index is 0.00317. The number of aliphatic hydroxyl groups excluding tert-OH is 1. The Labute approximate surface area is 599 Å². The maximum absolute atomic E-state index is 15.2. The fraction of sp³-hybridized carbons (Fsp3) is 0.406. The molecule has 12 bridgehead atoms. The largest absolute Gasteiger partial charge is 0.506 e. The number of cyclic esters (lactones) is 2. The van der Waals surface area contributed by atoms with E-state index >= 15 is 19.2 Å². The number of hydrogen-bond acceptors (Lipinski definition) is 31. The van der Waals surface area contributed by atoms with E-state index in [1.165, 1.54) is 66.6 Å². The number of benzene rings is 1. The van der Waals surface area contributed by atoms with Crippen LogP contribution in [-0.2, 0) is 56.0 Å². The van der Waals surface area contributed by atoms with Crippen molar-refractivity contribution in [3.63, 3.8) is 0 Å². The van der Waals surface area contributed by atoms with Crippen LogP contribution < -0.4 is 26.6 Å². The molecule has 12 rings (SSSR count). The molecule has 1 aromatic carbocycles. The van der Waals surface area contributed by atoms with E-state index in [1.807, 2.05) is 0 Å². The Morgan fingerprint density at radius 2 is 1.51 bits per heavy atom. The van der Waals surface area contributed by atoms with E-state index < -0.39 is 139 Å². The van der Waals surface area contributed by atoms with E-state index in [0.717, 1.165) is 56.7 Å². The molecule has 0 radical (unpaired) electrons. The summed E-state index contributed by atoms with van der Waals surface area (Å²) in [5.74, 6) is -6.93. The van der Waals surface area contributed by atoms with Crippen LogP contribution in [0.2, 0.25) is 0 Å². The van der Waals surface area contributed by atoms with E-state index in [1.54, 1.807) is 57.3 Å². The third kappa shape index (κ3) is 14.5. The second-order valence-electron chi connectivity index (χ2n) is 24.3. The van der Waals surface area contributed by atoms with Crippen molar-refractivity contribution in [3.05, 3.63) is 112 Å². The van der Waals surface area contributed by atoms with E-state index in [-0.39, 0.29) is 118 Å². The molecule has 10 atom stereocenters. The molecule has 11 heterocycles. The van der Waals surface area contributed by atoms with Crippen LogP contribution in [0, 0.1) is 0 Å². The van der Waals surface area contributed by atoms with Gasteiger partial charge in [-0.2, -0.15) is 4.73 Å². The number of hydrogen-bond donors (Lipinski definition) is 9. The molecule has 0 saturated carbocycles. The topological polar surface area (TPSA) is 431 Å². The Balaban J connectivity index is 1.02. The number of ether oxygens (including phenoxy) is 7. The number of esters is 2. The molecule has 8 aromatic rings. The highest BCUT2D eigenvalue weighted by Gasteiger charge is 2.50. The molecule has 7 aromatic heterocycles. The summed E-state index contributed by atoms with van der Waals surface area (Å²) in [6.45, 7) is 6.50. The van der Waals surface area contributed by atoms with Gasteiger partial charge in [0.1, 0.15) is 120 Å². The minimum Gasteiger partial charge on any atom is -0.506 e. The molecule has 0 aliphatic carbocycles. The number of rotatable bonds is 11. The number of pyridine rings is 1. The first-order chi connectivity index (χ1) is 48.7. The van der Waals surface area contributed by atoms with Gasteiger partial charge in [-0.15, -0.1) is 56.7 Å². The molecule has 0 spiro atoms.